The monoisotopic (exact) mass is 275 g/mol. The van der Waals surface area contributed by atoms with Crippen molar-refractivity contribution in [1.29, 1.82) is 0 Å². The number of halogens is 2. The molecule has 0 radical (unpaired) electrons. The van der Waals surface area contributed by atoms with Crippen LogP contribution in [0.15, 0.2) is 21.4 Å². The van der Waals surface area contributed by atoms with Crippen molar-refractivity contribution in [2.45, 2.75) is 32.9 Å². The minimum absolute atomic E-state index is 0.00228. The quantitative estimate of drug-likeness (QED) is 0.745. The molecule has 2 aliphatic rings. The van der Waals surface area contributed by atoms with Crippen LogP contribution in [0.4, 0.5) is 0 Å². The number of hydrazone groups is 1. The van der Waals surface area contributed by atoms with Crippen molar-refractivity contribution in [1.82, 2.24) is 5.01 Å². The number of aliphatic hydroxyl groups excluding tert-OH is 1. The predicted molar refractivity (Wildman–Crippen MR) is 70.6 cm³/mol. The van der Waals surface area contributed by atoms with Crippen molar-refractivity contribution in [2.24, 2.45) is 5.92 Å². The van der Waals surface area contributed by atoms with Gasteiger partial charge in [0.2, 0.25) is 0 Å². The summed E-state index contributed by atoms with van der Waals surface area (Å²) in [6, 6.07) is 0.337. The lowest BCUT2D eigenvalue weighted by atomic mass is 9.92. The Morgan fingerprint density at radius 3 is 2.47 bits per heavy atom. The Morgan fingerprint density at radius 2 is 1.94 bits per heavy atom. The van der Waals surface area contributed by atoms with Gasteiger partial charge in [0.25, 0.3) is 0 Å². The Morgan fingerprint density at radius 1 is 1.35 bits per heavy atom. The maximum atomic E-state index is 9.92. The number of aliphatic hydroxyl groups is 1. The molecule has 17 heavy (non-hydrogen) atoms. The average molecular weight is 276 g/mol. The number of hydrogen-bond acceptors (Lipinski definition) is 2. The smallest absolute Gasteiger partial charge is 0.181 e. The van der Waals surface area contributed by atoms with E-state index in [-0.39, 0.29) is 17.7 Å². The fourth-order valence-electron chi connectivity index (χ4n) is 2.46. The summed E-state index contributed by atoms with van der Waals surface area (Å²) in [6.07, 6.45) is 2.03. The summed E-state index contributed by atoms with van der Waals surface area (Å²) in [4.78, 5) is 0. The van der Waals surface area contributed by atoms with Gasteiger partial charge in [0.1, 0.15) is 17.7 Å². The third-order valence-corrected chi connectivity index (χ3v) is 4.38. The van der Waals surface area contributed by atoms with E-state index in [9.17, 15) is 5.11 Å². The average Bonchev–Trinajstić information content (AvgIpc) is 2.62. The van der Waals surface area contributed by atoms with Crippen molar-refractivity contribution in [2.75, 3.05) is 7.05 Å². The highest BCUT2D eigenvalue weighted by Crippen LogP contribution is 2.41. The maximum absolute atomic E-state index is 9.92. The highest BCUT2D eigenvalue weighted by Gasteiger charge is 2.47. The molecule has 3 nitrogen and oxygen atoms in total. The van der Waals surface area contributed by atoms with Crippen LogP contribution in [0, 0.1) is 5.92 Å². The third kappa shape index (κ3) is 1.76. The van der Waals surface area contributed by atoms with Gasteiger partial charge in [-0.05, 0) is 20.8 Å². The number of hydrazine groups is 1. The molecular weight excluding hydrogens is 259 g/mol. The summed E-state index contributed by atoms with van der Waals surface area (Å²) in [5.74, 6) is 0.0634. The number of fused-ring (bicyclic) bond motifs is 1. The largest absolute Gasteiger partial charge is 0.506 e. The molecule has 0 aromatic carbocycles. The fourth-order valence-corrected chi connectivity index (χ4v) is 3.15. The number of likely N-dealkylation sites (N-methyl/N-ethyl adjacent to an activating group) is 1. The van der Waals surface area contributed by atoms with Gasteiger partial charge < -0.3 is 5.11 Å². The van der Waals surface area contributed by atoms with E-state index in [2.05, 4.69) is 23.5 Å². The van der Waals surface area contributed by atoms with Gasteiger partial charge in [0, 0.05) is 5.57 Å². The van der Waals surface area contributed by atoms with E-state index >= 15 is 0 Å². The minimum Gasteiger partial charge on any atom is -0.506 e. The predicted octanol–water partition coefficient (Wildman–Crippen LogP) is 2.86. The van der Waals surface area contributed by atoms with Gasteiger partial charge in [-0.25, -0.2) is 0 Å². The molecule has 1 heterocycles. The Labute approximate surface area is 112 Å². The highest BCUT2D eigenvalue weighted by molar-refractivity contribution is 6.34. The van der Waals surface area contributed by atoms with Gasteiger partial charge in [0.15, 0.2) is 12.3 Å². The zero-order valence-corrected chi connectivity index (χ0v) is 11.9. The molecule has 0 amide bonds. The van der Waals surface area contributed by atoms with Crippen LogP contribution in [0.2, 0.25) is 0 Å². The summed E-state index contributed by atoms with van der Waals surface area (Å²) < 4.78 is 2.10. The van der Waals surface area contributed by atoms with E-state index in [4.69, 9.17) is 23.2 Å². The standard InChI is InChI=1S/C12H16Cl2N2O/c1-6(2)16-5-8-10(14)12(17)7(3)9(13)11(8)15(16)4/h5-6,8,11H,1-4H3/p+1. The molecule has 2 unspecified atom stereocenters. The first-order valence-electron chi connectivity index (χ1n) is 5.67. The van der Waals surface area contributed by atoms with E-state index in [0.717, 1.165) is 0 Å². The molecule has 1 aliphatic carbocycles. The molecule has 94 valence electrons. The lowest BCUT2D eigenvalue weighted by Gasteiger charge is -2.27. The fraction of sp³-hybridized carbons (Fsp3) is 0.583. The van der Waals surface area contributed by atoms with Crippen molar-refractivity contribution in [3.05, 3.63) is 21.4 Å². The molecule has 5 heteroatoms. The molecule has 0 aromatic rings. The third-order valence-electron chi connectivity index (χ3n) is 3.44. The summed E-state index contributed by atoms with van der Waals surface area (Å²) in [5.41, 5.74) is 0.670. The highest BCUT2D eigenvalue weighted by atomic mass is 35.5. The van der Waals surface area contributed by atoms with Crippen LogP contribution in [0.3, 0.4) is 0 Å². The SMILES string of the molecule is CC1=C(Cl)C2C(C=[N+](C(C)C)N2C)C(Cl)=C1O. The first kappa shape index (κ1) is 12.8. The van der Waals surface area contributed by atoms with Gasteiger partial charge in [-0.15, -0.1) is 4.68 Å². The second-order valence-corrected chi connectivity index (χ2v) is 5.65. The van der Waals surface area contributed by atoms with Gasteiger partial charge in [-0.2, -0.15) is 5.01 Å². The number of allylic oxidation sites excluding steroid dienone is 1. The first-order chi connectivity index (χ1) is 7.86. The van der Waals surface area contributed by atoms with Gasteiger partial charge in [0.05, 0.1) is 17.1 Å². The van der Waals surface area contributed by atoms with Crippen LogP contribution in [0.5, 0.6) is 0 Å². The summed E-state index contributed by atoms with van der Waals surface area (Å²) in [7, 11) is 1.99. The van der Waals surface area contributed by atoms with Crippen LogP contribution >= 0.6 is 23.2 Å². The zero-order valence-electron chi connectivity index (χ0n) is 10.4. The molecule has 0 aromatic heterocycles. The van der Waals surface area contributed by atoms with Crippen LogP contribution in [-0.4, -0.2) is 40.1 Å². The van der Waals surface area contributed by atoms with E-state index < -0.39 is 0 Å². The second kappa shape index (κ2) is 4.21. The summed E-state index contributed by atoms with van der Waals surface area (Å²) >= 11 is 12.5. The van der Waals surface area contributed by atoms with Crippen LogP contribution in [0.25, 0.3) is 0 Å². The zero-order chi connectivity index (χ0) is 12.9. The maximum Gasteiger partial charge on any atom is 0.181 e. The number of nitrogens with zero attached hydrogens (tertiary/aromatic N) is 2. The molecule has 1 N–H and O–H groups in total. The topological polar surface area (TPSA) is 26.5 Å². The number of hydrogen-bond donors (Lipinski definition) is 1. The molecule has 2 rings (SSSR count). The molecule has 0 bridgehead atoms. The molecule has 0 saturated heterocycles. The Hall–Kier alpha value is -0.670. The van der Waals surface area contributed by atoms with Crippen molar-refractivity contribution < 1.29 is 9.79 Å². The second-order valence-electron chi connectivity index (χ2n) is 4.84. The van der Waals surface area contributed by atoms with Gasteiger partial charge in [-0.3, -0.25) is 0 Å². The molecule has 0 spiro atoms. The Bertz CT molecular complexity index is 451. The Kier molecular flexibility index (Phi) is 3.17. The minimum atomic E-state index is -0.0553. The van der Waals surface area contributed by atoms with E-state index in [1.807, 2.05) is 13.3 Å². The summed E-state index contributed by atoms with van der Waals surface area (Å²) in [6.45, 7) is 6.00. The van der Waals surface area contributed by atoms with Crippen LogP contribution in [-0.2, 0) is 0 Å². The van der Waals surface area contributed by atoms with E-state index in [0.29, 0.717) is 21.7 Å². The van der Waals surface area contributed by atoms with E-state index in [1.165, 1.54) is 0 Å². The van der Waals surface area contributed by atoms with Crippen molar-refractivity contribution in [3.8, 4) is 0 Å². The lowest BCUT2D eigenvalue weighted by molar-refractivity contribution is -0.700. The van der Waals surface area contributed by atoms with Gasteiger partial charge >= 0.3 is 0 Å². The van der Waals surface area contributed by atoms with Crippen LogP contribution in [0.1, 0.15) is 20.8 Å². The van der Waals surface area contributed by atoms with Gasteiger partial charge in [-0.1, -0.05) is 23.2 Å². The van der Waals surface area contributed by atoms with Crippen molar-refractivity contribution >= 4 is 29.4 Å². The molecule has 0 fully saturated rings. The molecule has 2 atom stereocenters. The summed E-state index contributed by atoms with van der Waals surface area (Å²) in [5, 5.41) is 13.1. The molecule has 0 saturated carbocycles. The normalized spacial score (nSPS) is 29.1. The lowest BCUT2D eigenvalue weighted by Crippen LogP contribution is -2.41. The Balaban J connectivity index is 2.50. The van der Waals surface area contributed by atoms with Crippen LogP contribution < -0.4 is 0 Å². The van der Waals surface area contributed by atoms with Crippen molar-refractivity contribution in [3.63, 3.8) is 0 Å². The molecular formula is C12H17Cl2N2O+. The van der Waals surface area contributed by atoms with E-state index in [1.54, 1.807) is 6.92 Å². The number of rotatable bonds is 1. The first-order valence-corrected chi connectivity index (χ1v) is 6.43. The molecule has 1 aliphatic heterocycles.